The van der Waals surface area contributed by atoms with Gasteiger partial charge in [0.15, 0.2) is 11.4 Å². The molecule has 1 unspecified atom stereocenters. The monoisotopic (exact) mass is 354 g/mol. The molecule has 0 saturated carbocycles. The molecular formula is C16H18O5S2. The lowest BCUT2D eigenvalue weighted by molar-refractivity contribution is -0.166. The molecule has 3 rings (SSSR count). The molecule has 124 valence electrons. The van der Waals surface area contributed by atoms with Crippen molar-refractivity contribution in [1.29, 1.82) is 0 Å². The van der Waals surface area contributed by atoms with Gasteiger partial charge in [-0.3, -0.25) is 9.59 Å². The predicted molar refractivity (Wildman–Crippen MR) is 89.9 cm³/mol. The highest BCUT2D eigenvalue weighted by Gasteiger charge is 2.56. The van der Waals surface area contributed by atoms with Crippen LogP contribution in [0.15, 0.2) is 12.1 Å². The Morgan fingerprint density at radius 2 is 1.74 bits per heavy atom. The molecule has 1 spiro atoms. The number of esters is 1. The smallest absolute Gasteiger partial charge is 0.303 e. The maximum Gasteiger partial charge on any atom is 0.303 e. The fourth-order valence-electron chi connectivity index (χ4n) is 3.41. The van der Waals surface area contributed by atoms with Crippen molar-refractivity contribution in [2.45, 2.75) is 36.4 Å². The van der Waals surface area contributed by atoms with Gasteiger partial charge in [-0.25, -0.2) is 0 Å². The molecule has 1 aliphatic carbocycles. The number of fused-ring (bicyclic) bond motifs is 2. The van der Waals surface area contributed by atoms with Crippen LogP contribution in [0.5, 0.6) is 11.5 Å². The van der Waals surface area contributed by atoms with E-state index in [1.54, 1.807) is 23.5 Å². The van der Waals surface area contributed by atoms with E-state index in [4.69, 9.17) is 4.74 Å². The zero-order chi connectivity index (χ0) is 16.8. The Kier molecular flexibility index (Phi) is 4.04. The normalized spacial score (nSPS) is 25.1. The lowest BCUT2D eigenvalue weighted by atomic mass is 9.76. The summed E-state index contributed by atoms with van der Waals surface area (Å²) in [7, 11) is 0. The summed E-state index contributed by atoms with van der Waals surface area (Å²) in [5.41, 5.74) is -0.141. The molecule has 1 fully saturated rings. The SMILES string of the molecule is CC(=O)OC1(C(C)=O)Cc2c(O)ccc(O)c2C2(C1)SCCS2. The number of hydrogen-bond donors (Lipinski definition) is 2. The maximum absolute atomic E-state index is 12.4. The van der Waals surface area contributed by atoms with Gasteiger partial charge in [-0.15, -0.1) is 23.5 Å². The topological polar surface area (TPSA) is 83.8 Å². The summed E-state index contributed by atoms with van der Waals surface area (Å²) in [6.45, 7) is 2.69. The summed E-state index contributed by atoms with van der Waals surface area (Å²) < 4.78 is 4.89. The Hall–Kier alpha value is -1.34. The van der Waals surface area contributed by atoms with Crippen LogP contribution in [0.25, 0.3) is 0 Å². The quantitative estimate of drug-likeness (QED) is 0.624. The van der Waals surface area contributed by atoms with Gasteiger partial charge < -0.3 is 14.9 Å². The number of hydrogen-bond acceptors (Lipinski definition) is 7. The second kappa shape index (κ2) is 5.63. The fraction of sp³-hybridized carbons (Fsp3) is 0.500. The van der Waals surface area contributed by atoms with Gasteiger partial charge in [0.05, 0.1) is 4.08 Å². The second-order valence-electron chi connectivity index (χ2n) is 5.90. The standard InChI is InChI=1S/C16H18O5S2/c1-9(17)15(21-10(2)18)7-11-12(19)3-4-13(20)14(11)16(8-15)22-5-6-23-16/h3-4,19-20H,5-8H2,1-2H3. The van der Waals surface area contributed by atoms with E-state index in [1.165, 1.54) is 26.0 Å². The third-order valence-corrected chi connectivity index (χ3v) is 7.77. The molecule has 0 radical (unpaired) electrons. The number of ketones is 1. The van der Waals surface area contributed by atoms with Gasteiger partial charge in [0.2, 0.25) is 0 Å². The second-order valence-corrected chi connectivity index (χ2v) is 8.95. The number of ether oxygens (including phenoxy) is 1. The molecule has 0 aromatic heterocycles. The lowest BCUT2D eigenvalue weighted by Crippen LogP contribution is -2.50. The van der Waals surface area contributed by atoms with Crippen LogP contribution in [-0.2, 0) is 24.8 Å². The summed E-state index contributed by atoms with van der Waals surface area (Å²) in [5.74, 6) is 1.10. The van der Waals surface area contributed by atoms with Crippen LogP contribution in [-0.4, -0.2) is 39.1 Å². The number of phenols is 2. The molecule has 1 aromatic carbocycles. The number of thioether (sulfide) groups is 2. The lowest BCUT2D eigenvalue weighted by Gasteiger charge is -2.44. The van der Waals surface area contributed by atoms with Gasteiger partial charge in [0.1, 0.15) is 11.5 Å². The molecule has 7 heteroatoms. The number of rotatable bonds is 2. The van der Waals surface area contributed by atoms with Gasteiger partial charge in [-0.1, -0.05) is 0 Å². The van der Waals surface area contributed by atoms with Crippen molar-refractivity contribution in [1.82, 2.24) is 0 Å². The minimum atomic E-state index is -1.30. The van der Waals surface area contributed by atoms with Crippen molar-refractivity contribution >= 4 is 35.3 Å². The molecular weight excluding hydrogens is 336 g/mol. The summed E-state index contributed by atoms with van der Waals surface area (Å²) in [4.78, 5) is 24.0. The summed E-state index contributed by atoms with van der Waals surface area (Å²) in [6.07, 6.45) is 0.384. The average molecular weight is 354 g/mol. The van der Waals surface area contributed by atoms with Crippen molar-refractivity contribution in [3.05, 3.63) is 23.3 Å². The van der Waals surface area contributed by atoms with E-state index in [2.05, 4.69) is 0 Å². The van der Waals surface area contributed by atoms with E-state index in [0.717, 1.165) is 11.5 Å². The van der Waals surface area contributed by atoms with Crippen LogP contribution in [0.1, 0.15) is 31.4 Å². The Balaban J connectivity index is 2.22. The third kappa shape index (κ3) is 2.59. The molecule has 2 N–H and O–H groups in total. The molecule has 5 nitrogen and oxygen atoms in total. The molecule has 1 atom stereocenters. The number of carbonyl (C=O) groups is 2. The van der Waals surface area contributed by atoms with Crippen molar-refractivity contribution in [3.63, 3.8) is 0 Å². The van der Waals surface area contributed by atoms with Gasteiger partial charge in [-0.05, 0) is 19.1 Å². The van der Waals surface area contributed by atoms with Crippen LogP contribution in [0, 0.1) is 0 Å². The Morgan fingerprint density at radius 1 is 1.13 bits per heavy atom. The van der Waals surface area contributed by atoms with Crippen molar-refractivity contribution in [3.8, 4) is 11.5 Å². The predicted octanol–water partition coefficient (Wildman–Crippen LogP) is 2.57. The molecule has 0 bridgehead atoms. The first kappa shape index (κ1) is 16.5. The number of phenolic OH excluding ortho intramolecular Hbond substituents is 2. The highest BCUT2D eigenvalue weighted by atomic mass is 32.2. The summed E-state index contributed by atoms with van der Waals surface area (Å²) >= 11 is 3.25. The molecule has 1 aromatic rings. The van der Waals surface area contributed by atoms with Crippen LogP contribution in [0.3, 0.4) is 0 Å². The summed E-state index contributed by atoms with van der Waals surface area (Å²) in [5, 5.41) is 20.7. The van der Waals surface area contributed by atoms with Crippen molar-refractivity contribution in [2.24, 2.45) is 0 Å². The highest BCUT2D eigenvalue weighted by Crippen LogP contribution is 2.63. The number of benzene rings is 1. The number of Topliss-reactive ketones (excluding diaryl/α,β-unsaturated/α-hetero) is 1. The van der Waals surface area contributed by atoms with Crippen molar-refractivity contribution < 1.29 is 24.5 Å². The van der Waals surface area contributed by atoms with Crippen LogP contribution in [0.2, 0.25) is 0 Å². The van der Waals surface area contributed by atoms with Gasteiger partial charge in [0.25, 0.3) is 0 Å². The van der Waals surface area contributed by atoms with E-state index in [9.17, 15) is 19.8 Å². The largest absolute Gasteiger partial charge is 0.508 e. The minimum Gasteiger partial charge on any atom is -0.508 e. The van der Waals surface area contributed by atoms with E-state index in [0.29, 0.717) is 17.5 Å². The van der Waals surface area contributed by atoms with Gasteiger partial charge >= 0.3 is 5.97 Å². The van der Waals surface area contributed by atoms with Crippen LogP contribution < -0.4 is 0 Å². The zero-order valence-corrected chi connectivity index (χ0v) is 14.6. The van der Waals surface area contributed by atoms with Crippen LogP contribution in [0.4, 0.5) is 0 Å². The average Bonchev–Trinajstić information content (AvgIpc) is 2.90. The van der Waals surface area contributed by atoms with E-state index < -0.39 is 15.6 Å². The van der Waals surface area contributed by atoms with Gasteiger partial charge in [0, 0.05) is 42.4 Å². The molecule has 1 aliphatic heterocycles. The van der Waals surface area contributed by atoms with Crippen LogP contribution >= 0.6 is 23.5 Å². The van der Waals surface area contributed by atoms with Crippen molar-refractivity contribution in [2.75, 3.05) is 11.5 Å². The van der Waals surface area contributed by atoms with E-state index in [1.807, 2.05) is 0 Å². The Morgan fingerprint density at radius 3 is 2.30 bits per heavy atom. The van der Waals surface area contributed by atoms with Gasteiger partial charge in [-0.2, -0.15) is 0 Å². The Bertz CT molecular complexity index is 681. The number of carbonyl (C=O) groups excluding carboxylic acids is 2. The molecule has 2 aliphatic rings. The molecule has 0 amide bonds. The van der Waals surface area contributed by atoms with E-state index >= 15 is 0 Å². The summed E-state index contributed by atoms with van der Waals surface area (Å²) in [6, 6.07) is 2.89. The van der Waals surface area contributed by atoms with E-state index in [-0.39, 0.29) is 23.7 Å². The maximum atomic E-state index is 12.4. The Labute approximate surface area is 142 Å². The first-order valence-electron chi connectivity index (χ1n) is 7.32. The third-order valence-electron chi connectivity index (χ3n) is 4.36. The molecule has 1 saturated heterocycles. The highest BCUT2D eigenvalue weighted by molar-refractivity contribution is 8.20. The molecule has 23 heavy (non-hydrogen) atoms. The first-order chi connectivity index (χ1) is 10.8. The zero-order valence-electron chi connectivity index (χ0n) is 12.9. The molecule has 1 heterocycles. The first-order valence-corrected chi connectivity index (χ1v) is 9.30. The fourth-order valence-corrected chi connectivity index (χ4v) is 6.98. The number of aromatic hydroxyl groups is 2. The minimum absolute atomic E-state index is 0.0164.